The van der Waals surface area contributed by atoms with Crippen molar-refractivity contribution in [1.82, 2.24) is 0 Å². The van der Waals surface area contributed by atoms with E-state index in [9.17, 15) is 9.18 Å². The molecule has 1 aliphatic rings. The van der Waals surface area contributed by atoms with Crippen LogP contribution in [0.5, 0.6) is 5.75 Å². The maximum Gasteiger partial charge on any atom is 0.188 e. The number of ketones is 1. The van der Waals surface area contributed by atoms with Crippen molar-refractivity contribution in [2.75, 3.05) is 13.7 Å². The van der Waals surface area contributed by atoms with Gasteiger partial charge in [0.05, 0.1) is 13.2 Å². The molecule has 2 rings (SSSR count). The molecule has 0 aromatic heterocycles. The number of ether oxygens (including phenoxy) is 2. The Labute approximate surface area is 112 Å². The van der Waals surface area contributed by atoms with E-state index in [0.717, 1.165) is 25.7 Å². The number of Topliss-reactive ketones (excluding diaryl/α,β-unsaturated/α-hetero) is 1. The number of hydrogen-bond donors (Lipinski definition) is 0. The van der Waals surface area contributed by atoms with Gasteiger partial charge in [0.2, 0.25) is 0 Å². The third-order valence-electron chi connectivity index (χ3n) is 3.48. The first-order valence-electron chi connectivity index (χ1n) is 6.69. The predicted molar refractivity (Wildman–Crippen MR) is 70.1 cm³/mol. The molecule has 1 aliphatic carbocycles. The van der Waals surface area contributed by atoms with Gasteiger partial charge in [-0.05, 0) is 31.0 Å². The zero-order chi connectivity index (χ0) is 13.7. The van der Waals surface area contributed by atoms with Crippen LogP contribution in [0.3, 0.4) is 0 Å². The highest BCUT2D eigenvalue weighted by molar-refractivity contribution is 5.97. The summed E-state index contributed by atoms with van der Waals surface area (Å²) in [7, 11) is 1.39. The Kier molecular flexibility index (Phi) is 4.91. The molecule has 19 heavy (non-hydrogen) atoms. The van der Waals surface area contributed by atoms with Gasteiger partial charge >= 0.3 is 0 Å². The van der Waals surface area contributed by atoms with Crippen LogP contribution in [0.1, 0.15) is 42.5 Å². The van der Waals surface area contributed by atoms with Crippen LogP contribution in [0.4, 0.5) is 4.39 Å². The van der Waals surface area contributed by atoms with E-state index in [0.29, 0.717) is 5.56 Å². The third kappa shape index (κ3) is 3.77. The van der Waals surface area contributed by atoms with Crippen LogP contribution < -0.4 is 4.74 Å². The van der Waals surface area contributed by atoms with E-state index in [2.05, 4.69) is 0 Å². The van der Waals surface area contributed by atoms with E-state index in [1.54, 1.807) is 6.07 Å². The smallest absolute Gasteiger partial charge is 0.188 e. The summed E-state index contributed by atoms with van der Waals surface area (Å²) in [4.78, 5) is 11.9. The lowest BCUT2D eigenvalue weighted by Gasteiger charge is -2.21. The summed E-state index contributed by atoms with van der Waals surface area (Å²) in [6, 6.07) is 4.23. The summed E-state index contributed by atoms with van der Waals surface area (Å²) < 4.78 is 23.9. The number of methoxy groups -OCH3 is 1. The minimum Gasteiger partial charge on any atom is -0.494 e. The van der Waals surface area contributed by atoms with Gasteiger partial charge in [0.15, 0.2) is 17.3 Å². The highest BCUT2D eigenvalue weighted by atomic mass is 19.1. The van der Waals surface area contributed by atoms with Crippen molar-refractivity contribution in [1.29, 1.82) is 0 Å². The molecule has 0 radical (unpaired) electrons. The average molecular weight is 266 g/mol. The summed E-state index contributed by atoms with van der Waals surface area (Å²) in [5.41, 5.74) is 0.328. The Bertz CT molecular complexity index is 439. The molecule has 0 saturated heterocycles. The largest absolute Gasteiger partial charge is 0.494 e. The Morgan fingerprint density at radius 1 is 1.32 bits per heavy atom. The number of hydrogen-bond acceptors (Lipinski definition) is 3. The van der Waals surface area contributed by atoms with Crippen LogP contribution in [-0.2, 0) is 4.74 Å². The van der Waals surface area contributed by atoms with Gasteiger partial charge in [-0.1, -0.05) is 19.3 Å². The van der Waals surface area contributed by atoms with Crippen LogP contribution in [0, 0.1) is 5.82 Å². The van der Waals surface area contributed by atoms with Crippen LogP contribution >= 0.6 is 0 Å². The second-order valence-electron chi connectivity index (χ2n) is 4.84. The van der Waals surface area contributed by atoms with Gasteiger partial charge in [-0.15, -0.1) is 0 Å². The van der Waals surface area contributed by atoms with Crippen molar-refractivity contribution in [3.05, 3.63) is 29.6 Å². The van der Waals surface area contributed by atoms with Crippen LogP contribution in [0.25, 0.3) is 0 Å². The SMILES string of the molecule is COc1ccc(C(=O)COC2CCCCC2)cc1F. The van der Waals surface area contributed by atoms with Crippen molar-refractivity contribution >= 4 is 5.78 Å². The molecular formula is C15H19FO3. The van der Waals surface area contributed by atoms with Crippen molar-refractivity contribution in [2.24, 2.45) is 0 Å². The molecule has 4 heteroatoms. The van der Waals surface area contributed by atoms with Gasteiger partial charge in [-0.2, -0.15) is 0 Å². The zero-order valence-corrected chi connectivity index (χ0v) is 11.2. The fourth-order valence-electron chi connectivity index (χ4n) is 2.35. The molecule has 1 aromatic rings. The van der Waals surface area contributed by atoms with E-state index < -0.39 is 5.82 Å². The standard InChI is InChI=1S/C15H19FO3/c1-18-15-8-7-11(9-13(15)16)14(17)10-19-12-5-3-2-4-6-12/h7-9,12H,2-6,10H2,1H3. The van der Waals surface area contributed by atoms with E-state index in [1.807, 2.05) is 0 Å². The molecule has 1 fully saturated rings. The fourth-order valence-corrected chi connectivity index (χ4v) is 2.35. The van der Waals surface area contributed by atoms with Crippen molar-refractivity contribution in [2.45, 2.75) is 38.2 Å². The third-order valence-corrected chi connectivity index (χ3v) is 3.48. The Morgan fingerprint density at radius 3 is 2.68 bits per heavy atom. The second kappa shape index (κ2) is 6.66. The molecule has 0 aliphatic heterocycles. The molecular weight excluding hydrogens is 247 g/mol. The van der Waals surface area contributed by atoms with Gasteiger partial charge < -0.3 is 9.47 Å². The number of carbonyl (C=O) groups excluding carboxylic acids is 1. The Balaban J connectivity index is 1.90. The maximum absolute atomic E-state index is 13.5. The average Bonchev–Trinajstić information content (AvgIpc) is 2.45. The molecule has 3 nitrogen and oxygen atoms in total. The number of benzene rings is 1. The maximum atomic E-state index is 13.5. The van der Waals surface area contributed by atoms with Gasteiger partial charge in [0, 0.05) is 5.56 Å². The van der Waals surface area contributed by atoms with Gasteiger partial charge in [-0.25, -0.2) is 4.39 Å². The molecule has 0 unspecified atom stereocenters. The lowest BCUT2D eigenvalue weighted by molar-refractivity contribution is 0.0284. The van der Waals surface area contributed by atoms with Crippen molar-refractivity contribution in [3.63, 3.8) is 0 Å². The van der Waals surface area contributed by atoms with Gasteiger partial charge in [0.25, 0.3) is 0 Å². The van der Waals surface area contributed by atoms with Crippen LogP contribution in [0.2, 0.25) is 0 Å². The minimum absolute atomic E-state index is 0.0242. The fraction of sp³-hybridized carbons (Fsp3) is 0.533. The van der Waals surface area contributed by atoms with Crippen molar-refractivity contribution in [3.8, 4) is 5.75 Å². The summed E-state index contributed by atoms with van der Waals surface area (Å²) in [6.45, 7) is 0.0242. The summed E-state index contributed by atoms with van der Waals surface area (Å²) in [6.07, 6.45) is 5.79. The first kappa shape index (κ1) is 14.0. The monoisotopic (exact) mass is 266 g/mol. The van der Waals surface area contributed by atoms with E-state index in [1.165, 1.54) is 25.7 Å². The highest BCUT2D eigenvalue weighted by Gasteiger charge is 2.16. The topological polar surface area (TPSA) is 35.5 Å². The van der Waals surface area contributed by atoms with Gasteiger partial charge in [0.1, 0.15) is 6.61 Å². The molecule has 0 atom stereocenters. The summed E-state index contributed by atoms with van der Waals surface area (Å²) >= 11 is 0. The van der Waals surface area contributed by atoms with Gasteiger partial charge in [-0.3, -0.25) is 4.79 Å². The summed E-state index contributed by atoms with van der Waals surface area (Å²) in [5.74, 6) is -0.567. The molecule has 0 heterocycles. The Morgan fingerprint density at radius 2 is 2.05 bits per heavy atom. The zero-order valence-electron chi connectivity index (χ0n) is 11.2. The first-order chi connectivity index (χ1) is 9.20. The van der Waals surface area contributed by atoms with E-state index in [4.69, 9.17) is 9.47 Å². The van der Waals surface area contributed by atoms with Crippen LogP contribution in [-0.4, -0.2) is 25.6 Å². The normalized spacial score (nSPS) is 16.3. The number of rotatable bonds is 5. The lowest BCUT2D eigenvalue weighted by Crippen LogP contribution is -2.21. The quantitative estimate of drug-likeness (QED) is 0.766. The van der Waals surface area contributed by atoms with E-state index in [-0.39, 0.29) is 24.2 Å². The van der Waals surface area contributed by atoms with Crippen molar-refractivity contribution < 1.29 is 18.7 Å². The van der Waals surface area contributed by atoms with Crippen LogP contribution in [0.15, 0.2) is 18.2 Å². The molecule has 0 N–H and O–H groups in total. The molecule has 1 aromatic carbocycles. The first-order valence-corrected chi connectivity index (χ1v) is 6.69. The molecule has 0 bridgehead atoms. The highest BCUT2D eigenvalue weighted by Crippen LogP contribution is 2.21. The minimum atomic E-state index is -0.522. The lowest BCUT2D eigenvalue weighted by atomic mass is 9.98. The summed E-state index contributed by atoms with van der Waals surface area (Å²) in [5, 5.41) is 0. The Hall–Kier alpha value is -1.42. The molecule has 104 valence electrons. The second-order valence-corrected chi connectivity index (χ2v) is 4.84. The number of halogens is 1. The molecule has 0 spiro atoms. The number of carbonyl (C=O) groups is 1. The molecule has 1 saturated carbocycles. The van der Waals surface area contributed by atoms with E-state index >= 15 is 0 Å². The molecule has 0 amide bonds. The predicted octanol–water partition coefficient (Wildman–Crippen LogP) is 3.37.